The molecule has 0 unspecified atom stereocenters. The molecule has 1 fully saturated rings. The molecular formula is C25H29N3O4S2. The number of aryl methyl sites for hydroxylation is 1. The average molecular weight is 500 g/mol. The molecule has 2 atom stereocenters. The Morgan fingerprint density at radius 1 is 1.03 bits per heavy atom. The Labute approximate surface area is 204 Å². The lowest BCUT2D eigenvalue weighted by atomic mass is 10.0. The lowest BCUT2D eigenvalue weighted by molar-refractivity contribution is -0.117. The molecule has 1 aromatic heterocycles. The van der Waals surface area contributed by atoms with Crippen molar-refractivity contribution in [3.05, 3.63) is 82.0 Å². The smallest absolute Gasteiger partial charge is 0.243 e. The molecule has 4 rings (SSSR count). The molecule has 0 aliphatic carbocycles. The van der Waals surface area contributed by atoms with E-state index in [0.29, 0.717) is 32.0 Å². The van der Waals surface area contributed by atoms with Crippen LogP contribution in [0.4, 0.5) is 5.69 Å². The fraction of sp³-hybridized carbons (Fsp3) is 0.320. The Kier molecular flexibility index (Phi) is 7.80. The molecule has 2 N–H and O–H groups in total. The first-order valence-electron chi connectivity index (χ1n) is 11.2. The van der Waals surface area contributed by atoms with Crippen molar-refractivity contribution in [2.45, 2.75) is 30.8 Å². The van der Waals surface area contributed by atoms with Crippen molar-refractivity contribution in [1.29, 1.82) is 0 Å². The van der Waals surface area contributed by atoms with E-state index in [1.54, 1.807) is 23.5 Å². The molecule has 7 nitrogen and oxygen atoms in total. The Bertz CT molecular complexity index is 1190. The van der Waals surface area contributed by atoms with Crippen LogP contribution in [0.15, 0.2) is 70.9 Å². The van der Waals surface area contributed by atoms with E-state index in [4.69, 9.17) is 4.74 Å². The molecule has 3 aromatic rings. The normalized spacial score (nSPS) is 16.6. The second-order valence-corrected chi connectivity index (χ2v) is 11.2. The van der Waals surface area contributed by atoms with Crippen LogP contribution in [0.2, 0.25) is 0 Å². The number of carbonyl (C=O) groups excluding carboxylic acids is 1. The summed E-state index contributed by atoms with van der Waals surface area (Å²) < 4.78 is 32.2. The standard InChI is InChI=1S/C25H29N3O4S2/c1-18-5-7-20(8-6-18)24(23-4-3-17-33-23)26-19(2)25(29)27-21-9-11-22(12-10-21)34(30,31)28-13-15-32-16-14-28/h3-12,17,19,24,26H,13-16H2,1-2H3,(H,27,29)/t19-,24+/m0/s1. The van der Waals surface area contributed by atoms with Gasteiger partial charge in [0.2, 0.25) is 15.9 Å². The Balaban J connectivity index is 1.43. The minimum Gasteiger partial charge on any atom is -0.379 e. The van der Waals surface area contributed by atoms with Gasteiger partial charge in [-0.05, 0) is 55.1 Å². The molecule has 1 aliphatic rings. The SMILES string of the molecule is Cc1ccc([C@@H](N[C@@H](C)C(=O)Nc2ccc(S(=O)(=O)N3CCOCC3)cc2)c2cccs2)cc1. The number of sulfonamides is 1. The molecule has 1 amide bonds. The molecular weight excluding hydrogens is 470 g/mol. The fourth-order valence-corrected chi connectivity index (χ4v) is 6.00. The summed E-state index contributed by atoms with van der Waals surface area (Å²) in [5.74, 6) is -0.197. The van der Waals surface area contributed by atoms with E-state index in [1.807, 2.05) is 25.3 Å². The largest absolute Gasteiger partial charge is 0.379 e. The van der Waals surface area contributed by atoms with Gasteiger partial charge < -0.3 is 10.1 Å². The number of amides is 1. The van der Waals surface area contributed by atoms with Gasteiger partial charge >= 0.3 is 0 Å². The molecule has 2 aromatic carbocycles. The van der Waals surface area contributed by atoms with Crippen molar-refractivity contribution in [2.24, 2.45) is 0 Å². The number of anilines is 1. The highest BCUT2D eigenvalue weighted by molar-refractivity contribution is 7.89. The van der Waals surface area contributed by atoms with Gasteiger partial charge in [0.15, 0.2) is 0 Å². The lowest BCUT2D eigenvalue weighted by Gasteiger charge is -2.26. The predicted molar refractivity (Wildman–Crippen MR) is 135 cm³/mol. The highest BCUT2D eigenvalue weighted by Gasteiger charge is 2.26. The number of carbonyl (C=O) groups is 1. The Morgan fingerprint density at radius 3 is 2.32 bits per heavy atom. The van der Waals surface area contributed by atoms with Crippen molar-refractivity contribution in [3.8, 4) is 0 Å². The molecule has 34 heavy (non-hydrogen) atoms. The van der Waals surface area contributed by atoms with Gasteiger partial charge in [-0.2, -0.15) is 4.31 Å². The number of thiophene rings is 1. The number of hydrogen-bond donors (Lipinski definition) is 2. The van der Waals surface area contributed by atoms with Crippen molar-refractivity contribution in [3.63, 3.8) is 0 Å². The van der Waals surface area contributed by atoms with E-state index >= 15 is 0 Å². The molecule has 0 radical (unpaired) electrons. The summed E-state index contributed by atoms with van der Waals surface area (Å²) in [6.45, 7) is 5.35. The van der Waals surface area contributed by atoms with Gasteiger partial charge in [-0.15, -0.1) is 11.3 Å². The number of morpholine rings is 1. The number of ether oxygens (including phenoxy) is 1. The Morgan fingerprint density at radius 2 is 1.71 bits per heavy atom. The van der Waals surface area contributed by atoms with Crippen LogP contribution in [-0.2, 0) is 19.6 Å². The molecule has 1 aliphatic heterocycles. The van der Waals surface area contributed by atoms with E-state index in [-0.39, 0.29) is 16.8 Å². The summed E-state index contributed by atoms with van der Waals surface area (Å²) in [5.41, 5.74) is 2.81. The number of hydrogen-bond acceptors (Lipinski definition) is 6. The summed E-state index contributed by atoms with van der Waals surface area (Å²) in [6.07, 6.45) is 0. The molecule has 0 bridgehead atoms. The third-order valence-corrected chi connectivity index (χ3v) is 8.63. The van der Waals surface area contributed by atoms with Crippen LogP contribution in [-0.4, -0.2) is 51.0 Å². The van der Waals surface area contributed by atoms with E-state index in [0.717, 1.165) is 10.4 Å². The summed E-state index contributed by atoms with van der Waals surface area (Å²) >= 11 is 1.64. The van der Waals surface area contributed by atoms with Gasteiger partial charge in [-0.1, -0.05) is 35.9 Å². The molecule has 0 saturated carbocycles. The highest BCUT2D eigenvalue weighted by Crippen LogP contribution is 2.27. The van der Waals surface area contributed by atoms with Crippen molar-refractivity contribution in [1.82, 2.24) is 9.62 Å². The summed E-state index contributed by atoms with van der Waals surface area (Å²) in [7, 11) is -3.57. The van der Waals surface area contributed by atoms with Gasteiger partial charge in [-0.25, -0.2) is 8.42 Å². The van der Waals surface area contributed by atoms with Crippen LogP contribution in [0, 0.1) is 6.92 Å². The summed E-state index contributed by atoms with van der Waals surface area (Å²) in [5, 5.41) is 8.35. The number of benzene rings is 2. The fourth-order valence-electron chi connectivity index (χ4n) is 3.78. The van der Waals surface area contributed by atoms with Gasteiger partial charge in [-0.3, -0.25) is 10.1 Å². The topological polar surface area (TPSA) is 87.7 Å². The quantitative estimate of drug-likeness (QED) is 0.493. The van der Waals surface area contributed by atoms with Gasteiger partial charge in [0, 0.05) is 23.7 Å². The maximum Gasteiger partial charge on any atom is 0.243 e. The van der Waals surface area contributed by atoms with Crippen molar-refractivity contribution >= 4 is 33.0 Å². The van der Waals surface area contributed by atoms with Gasteiger partial charge in [0.1, 0.15) is 0 Å². The van der Waals surface area contributed by atoms with Crippen LogP contribution in [0.1, 0.15) is 29.0 Å². The summed E-state index contributed by atoms with van der Waals surface area (Å²) in [6, 6.07) is 18.0. The van der Waals surface area contributed by atoms with Crippen molar-refractivity contribution < 1.29 is 17.9 Å². The van der Waals surface area contributed by atoms with E-state index < -0.39 is 16.1 Å². The van der Waals surface area contributed by atoms with Crippen LogP contribution in [0.5, 0.6) is 0 Å². The third kappa shape index (κ3) is 5.73. The average Bonchev–Trinajstić information content (AvgIpc) is 3.38. The zero-order valence-corrected chi connectivity index (χ0v) is 20.9. The molecule has 180 valence electrons. The van der Waals surface area contributed by atoms with Crippen molar-refractivity contribution in [2.75, 3.05) is 31.6 Å². The minimum atomic E-state index is -3.57. The maximum atomic E-state index is 12.9. The van der Waals surface area contributed by atoms with E-state index in [2.05, 4.69) is 41.0 Å². The van der Waals surface area contributed by atoms with Crippen LogP contribution < -0.4 is 10.6 Å². The predicted octanol–water partition coefficient (Wildman–Crippen LogP) is 3.78. The highest BCUT2D eigenvalue weighted by atomic mass is 32.2. The lowest BCUT2D eigenvalue weighted by Crippen LogP contribution is -2.40. The van der Waals surface area contributed by atoms with E-state index in [9.17, 15) is 13.2 Å². The first kappa shape index (κ1) is 24.6. The summed E-state index contributed by atoms with van der Waals surface area (Å²) in [4.78, 5) is 14.3. The third-order valence-electron chi connectivity index (χ3n) is 5.78. The van der Waals surface area contributed by atoms with Gasteiger partial charge in [0.25, 0.3) is 0 Å². The zero-order valence-electron chi connectivity index (χ0n) is 19.2. The molecule has 1 saturated heterocycles. The Hall–Kier alpha value is -2.56. The second kappa shape index (κ2) is 10.8. The molecule has 2 heterocycles. The van der Waals surface area contributed by atoms with Crippen LogP contribution in [0.25, 0.3) is 0 Å². The van der Waals surface area contributed by atoms with Crippen LogP contribution >= 0.6 is 11.3 Å². The van der Waals surface area contributed by atoms with Gasteiger partial charge in [0.05, 0.1) is 30.2 Å². The zero-order chi connectivity index (χ0) is 24.1. The first-order chi connectivity index (χ1) is 16.3. The monoisotopic (exact) mass is 499 g/mol. The maximum absolute atomic E-state index is 12.9. The molecule has 0 spiro atoms. The number of nitrogens with one attached hydrogen (secondary N) is 2. The number of rotatable bonds is 8. The number of nitrogens with zero attached hydrogens (tertiary/aromatic N) is 1. The first-order valence-corrected chi connectivity index (χ1v) is 13.5. The van der Waals surface area contributed by atoms with E-state index in [1.165, 1.54) is 22.0 Å². The molecule has 9 heteroatoms. The minimum absolute atomic E-state index is 0.109. The second-order valence-electron chi connectivity index (χ2n) is 8.28. The van der Waals surface area contributed by atoms with Crippen LogP contribution in [0.3, 0.4) is 0 Å².